The quantitative estimate of drug-likeness (QED) is 0.511. The summed E-state index contributed by atoms with van der Waals surface area (Å²) in [5, 5.41) is 0. The van der Waals surface area contributed by atoms with Crippen molar-refractivity contribution in [3.8, 4) is 0 Å². The Kier molecular flexibility index (Phi) is 9.18. The second kappa shape index (κ2) is 9.21. The maximum Gasteiger partial charge on any atom is 0.00696 e. The summed E-state index contributed by atoms with van der Waals surface area (Å²) < 4.78 is 0. The summed E-state index contributed by atoms with van der Waals surface area (Å²) in [4.78, 5) is 2.71. The van der Waals surface area contributed by atoms with E-state index in [1.54, 1.807) is 0 Å². The molecule has 15 heavy (non-hydrogen) atoms. The molecule has 0 heterocycles. The van der Waals surface area contributed by atoms with Gasteiger partial charge in [-0.1, -0.05) is 40.0 Å². The molecule has 0 aromatic heterocycles. The Morgan fingerprint density at radius 3 is 2.00 bits per heavy atom. The zero-order valence-corrected chi connectivity index (χ0v) is 11.6. The van der Waals surface area contributed by atoms with E-state index in [0.717, 1.165) is 12.1 Å². The molecule has 0 rings (SSSR count). The Bertz CT molecular complexity index is 133. The van der Waals surface area contributed by atoms with Gasteiger partial charge in [0.05, 0.1) is 0 Å². The Hall–Kier alpha value is -0.0400. The van der Waals surface area contributed by atoms with E-state index in [4.69, 9.17) is 0 Å². The van der Waals surface area contributed by atoms with Crippen molar-refractivity contribution in [1.82, 2.24) is 4.90 Å². The van der Waals surface area contributed by atoms with Gasteiger partial charge in [0, 0.05) is 12.1 Å². The average Bonchev–Trinajstić information content (AvgIpc) is 2.23. The van der Waals surface area contributed by atoms with Crippen LogP contribution in [0, 0.1) is 0 Å². The normalized spacial score (nSPS) is 15.6. The van der Waals surface area contributed by atoms with E-state index in [9.17, 15) is 0 Å². The highest BCUT2D eigenvalue weighted by atomic mass is 15.2. The predicted octanol–water partition coefficient (Wildman–Crippen LogP) is 4.47. The van der Waals surface area contributed by atoms with Gasteiger partial charge in [0.1, 0.15) is 0 Å². The molecule has 0 radical (unpaired) electrons. The van der Waals surface area contributed by atoms with Crippen LogP contribution in [0.3, 0.4) is 0 Å². The van der Waals surface area contributed by atoms with E-state index in [1.807, 2.05) is 0 Å². The molecular weight excluding hydrogens is 182 g/mol. The maximum absolute atomic E-state index is 2.71. The monoisotopic (exact) mass is 213 g/mol. The van der Waals surface area contributed by atoms with Crippen molar-refractivity contribution in [2.75, 3.05) is 6.54 Å². The lowest BCUT2D eigenvalue weighted by atomic mass is 10.1. The summed E-state index contributed by atoms with van der Waals surface area (Å²) in [5.41, 5.74) is 0. The summed E-state index contributed by atoms with van der Waals surface area (Å²) in [6, 6.07) is 1.52. The summed E-state index contributed by atoms with van der Waals surface area (Å²) in [6.45, 7) is 12.9. The smallest absolute Gasteiger partial charge is 0.00696 e. The van der Waals surface area contributed by atoms with E-state index in [1.165, 1.54) is 45.1 Å². The van der Waals surface area contributed by atoms with E-state index < -0.39 is 0 Å². The van der Waals surface area contributed by atoms with Crippen molar-refractivity contribution in [3.05, 3.63) is 0 Å². The highest BCUT2D eigenvalue weighted by Crippen LogP contribution is 2.14. The zero-order chi connectivity index (χ0) is 11.7. The van der Waals surface area contributed by atoms with Crippen LogP contribution in [0.15, 0.2) is 0 Å². The molecule has 0 aliphatic heterocycles. The molecule has 0 aromatic rings. The molecule has 0 aliphatic carbocycles. The summed E-state index contributed by atoms with van der Waals surface area (Å²) in [6.07, 6.45) is 8.01. The van der Waals surface area contributed by atoms with Gasteiger partial charge in [-0.15, -0.1) is 0 Å². The molecule has 2 atom stereocenters. The van der Waals surface area contributed by atoms with Gasteiger partial charge in [0.15, 0.2) is 0 Å². The highest BCUT2D eigenvalue weighted by molar-refractivity contribution is 4.72. The predicted molar refractivity (Wildman–Crippen MR) is 70.4 cm³/mol. The van der Waals surface area contributed by atoms with E-state index in [0.29, 0.717) is 0 Å². The van der Waals surface area contributed by atoms with Gasteiger partial charge in [-0.2, -0.15) is 0 Å². The van der Waals surface area contributed by atoms with Crippen molar-refractivity contribution in [2.24, 2.45) is 0 Å². The summed E-state index contributed by atoms with van der Waals surface area (Å²) in [7, 11) is 0. The third kappa shape index (κ3) is 6.19. The molecule has 0 N–H and O–H groups in total. The lowest BCUT2D eigenvalue weighted by Crippen LogP contribution is -2.40. The highest BCUT2D eigenvalue weighted by Gasteiger charge is 2.17. The molecule has 0 aromatic carbocycles. The average molecular weight is 213 g/mol. The first kappa shape index (κ1) is 15.0. The molecular formula is C14H31N. The largest absolute Gasteiger partial charge is 0.298 e. The fourth-order valence-electron chi connectivity index (χ4n) is 2.24. The fraction of sp³-hybridized carbons (Fsp3) is 1.00. The van der Waals surface area contributed by atoms with Gasteiger partial charge in [-0.3, -0.25) is 4.90 Å². The summed E-state index contributed by atoms with van der Waals surface area (Å²) >= 11 is 0. The molecule has 2 unspecified atom stereocenters. The Balaban J connectivity index is 4.04. The minimum atomic E-state index is 0.753. The molecule has 0 spiro atoms. The Labute approximate surface area is 97.2 Å². The third-order valence-corrected chi connectivity index (χ3v) is 3.45. The van der Waals surface area contributed by atoms with Gasteiger partial charge >= 0.3 is 0 Å². The van der Waals surface area contributed by atoms with Crippen LogP contribution in [-0.2, 0) is 0 Å². The number of hydrogen-bond acceptors (Lipinski definition) is 1. The van der Waals surface area contributed by atoms with Crippen molar-refractivity contribution in [3.63, 3.8) is 0 Å². The van der Waals surface area contributed by atoms with Crippen LogP contribution in [0.4, 0.5) is 0 Å². The van der Waals surface area contributed by atoms with E-state index in [2.05, 4.69) is 39.5 Å². The topological polar surface area (TPSA) is 3.24 Å². The Morgan fingerprint density at radius 2 is 1.53 bits per heavy atom. The maximum atomic E-state index is 2.71. The molecule has 0 aliphatic rings. The van der Waals surface area contributed by atoms with Gasteiger partial charge in [-0.05, 0) is 39.7 Å². The fourth-order valence-corrected chi connectivity index (χ4v) is 2.24. The number of nitrogens with zero attached hydrogens (tertiary/aromatic N) is 1. The first-order chi connectivity index (χ1) is 7.17. The number of rotatable bonds is 9. The molecule has 0 bridgehead atoms. The van der Waals surface area contributed by atoms with E-state index >= 15 is 0 Å². The zero-order valence-electron chi connectivity index (χ0n) is 11.6. The standard InChI is InChI=1S/C14H31N/c1-6-9-10-12-15(13(4)8-3)14(5)11-7-2/h13-14H,6-12H2,1-5H3. The van der Waals surface area contributed by atoms with Crippen LogP contribution in [0.5, 0.6) is 0 Å². The lowest BCUT2D eigenvalue weighted by Gasteiger charge is -2.34. The molecule has 1 heteroatoms. The first-order valence-corrected chi connectivity index (χ1v) is 6.93. The summed E-state index contributed by atoms with van der Waals surface area (Å²) in [5.74, 6) is 0. The van der Waals surface area contributed by atoms with Crippen molar-refractivity contribution in [1.29, 1.82) is 0 Å². The van der Waals surface area contributed by atoms with Crippen LogP contribution in [-0.4, -0.2) is 23.5 Å². The second-order valence-electron chi connectivity index (χ2n) is 4.84. The van der Waals surface area contributed by atoms with Crippen LogP contribution < -0.4 is 0 Å². The lowest BCUT2D eigenvalue weighted by molar-refractivity contribution is 0.139. The second-order valence-corrected chi connectivity index (χ2v) is 4.84. The van der Waals surface area contributed by atoms with Crippen LogP contribution in [0.2, 0.25) is 0 Å². The molecule has 1 nitrogen and oxygen atoms in total. The van der Waals surface area contributed by atoms with Crippen molar-refractivity contribution in [2.45, 2.75) is 85.2 Å². The minimum absolute atomic E-state index is 0.753. The Morgan fingerprint density at radius 1 is 0.867 bits per heavy atom. The van der Waals surface area contributed by atoms with Gasteiger partial charge in [0.2, 0.25) is 0 Å². The molecule has 0 fully saturated rings. The molecule has 92 valence electrons. The molecule has 0 amide bonds. The van der Waals surface area contributed by atoms with Gasteiger partial charge < -0.3 is 0 Å². The first-order valence-electron chi connectivity index (χ1n) is 6.93. The van der Waals surface area contributed by atoms with Gasteiger partial charge in [-0.25, -0.2) is 0 Å². The van der Waals surface area contributed by atoms with Crippen LogP contribution in [0.1, 0.15) is 73.1 Å². The number of unbranched alkanes of at least 4 members (excludes halogenated alkanes) is 2. The van der Waals surface area contributed by atoms with Crippen LogP contribution >= 0.6 is 0 Å². The SMILES string of the molecule is CCCCCN(C(C)CC)C(C)CCC. The van der Waals surface area contributed by atoms with Gasteiger partial charge in [0.25, 0.3) is 0 Å². The molecule has 0 saturated heterocycles. The molecule has 0 saturated carbocycles. The minimum Gasteiger partial charge on any atom is -0.298 e. The van der Waals surface area contributed by atoms with Crippen molar-refractivity contribution >= 4 is 0 Å². The number of hydrogen-bond donors (Lipinski definition) is 0. The third-order valence-electron chi connectivity index (χ3n) is 3.45. The van der Waals surface area contributed by atoms with E-state index in [-0.39, 0.29) is 0 Å². The van der Waals surface area contributed by atoms with Crippen molar-refractivity contribution < 1.29 is 0 Å². The van der Waals surface area contributed by atoms with Crippen LogP contribution in [0.25, 0.3) is 0 Å².